The molecule has 4 aliphatic heterocycles. The molecule has 3 saturated heterocycles. The van der Waals surface area contributed by atoms with Gasteiger partial charge in [-0.15, -0.1) is 5.06 Å². The van der Waals surface area contributed by atoms with Crippen LogP contribution in [0.3, 0.4) is 0 Å². The fraction of sp³-hybridized carbons (Fsp3) is 0.630. The van der Waals surface area contributed by atoms with Crippen LogP contribution >= 0.6 is 44.2 Å². The van der Waals surface area contributed by atoms with Gasteiger partial charge in [-0.2, -0.15) is 0 Å². The molecule has 5 rings (SSSR count). The van der Waals surface area contributed by atoms with Gasteiger partial charge in [0.1, 0.15) is 35.7 Å². The zero-order valence-corrected chi connectivity index (χ0v) is 43.3. The van der Waals surface area contributed by atoms with Crippen molar-refractivity contribution in [3.05, 3.63) is 47.1 Å². The quantitative estimate of drug-likeness (QED) is 0.0376. The van der Waals surface area contributed by atoms with Crippen LogP contribution in [0.4, 0.5) is 10.5 Å². The largest absolute Gasteiger partial charge is 0.496 e. The first-order valence-corrected chi connectivity index (χ1v) is 26.0. The van der Waals surface area contributed by atoms with Crippen LogP contribution in [0, 0.1) is 0 Å². The molecule has 3 fully saturated rings. The Balaban J connectivity index is 1.28. The molecule has 18 nitrogen and oxygen atoms in total. The van der Waals surface area contributed by atoms with Crippen LogP contribution in [0.1, 0.15) is 104 Å². The lowest BCUT2D eigenvalue weighted by Gasteiger charge is -2.40. The Morgan fingerprint density at radius 2 is 1.81 bits per heavy atom. The molecule has 4 heterocycles. The summed E-state index contributed by atoms with van der Waals surface area (Å²) in [6.07, 6.45) is 2.26. The molecule has 4 bridgehead atoms. The van der Waals surface area contributed by atoms with Crippen LogP contribution in [0.5, 0.6) is 5.75 Å². The topological polar surface area (TPSA) is 220 Å². The van der Waals surface area contributed by atoms with Crippen molar-refractivity contribution in [2.45, 2.75) is 150 Å². The number of esters is 1. The van der Waals surface area contributed by atoms with E-state index in [9.17, 15) is 38.7 Å². The van der Waals surface area contributed by atoms with Crippen molar-refractivity contribution in [1.82, 2.24) is 15.3 Å². The number of carbonyl (C=O) groups is 7. The van der Waals surface area contributed by atoms with Gasteiger partial charge in [0, 0.05) is 80.2 Å². The number of benzene rings is 1. The summed E-state index contributed by atoms with van der Waals surface area (Å²) >= 11 is 2.23. The summed E-state index contributed by atoms with van der Waals surface area (Å²) in [6.45, 7) is 9.20. The molecule has 21 heteroatoms. The highest BCUT2D eigenvalue weighted by atomic mass is 127. The van der Waals surface area contributed by atoms with Gasteiger partial charge in [0.05, 0.1) is 25.3 Å². The highest BCUT2D eigenvalue weighted by Gasteiger charge is 2.62. The first kappa shape index (κ1) is 54.0. The van der Waals surface area contributed by atoms with E-state index in [1.54, 1.807) is 51.0 Å². The lowest BCUT2D eigenvalue weighted by Crippen LogP contribution is -2.62. The van der Waals surface area contributed by atoms with E-state index in [-0.39, 0.29) is 61.5 Å². The Morgan fingerprint density at radius 1 is 1.10 bits per heavy atom. The number of methoxy groups -OCH3 is 2. The number of alkyl halides is 1. The number of fused-ring (bicyclic) bond motifs is 5. The van der Waals surface area contributed by atoms with Crippen LogP contribution < -0.4 is 15.0 Å². The lowest BCUT2D eigenvalue weighted by atomic mass is 9.90. The number of allylic oxidation sites excluding steroid dienone is 3. The summed E-state index contributed by atoms with van der Waals surface area (Å²) in [6, 6.07) is 2.82. The molecule has 7 atom stereocenters. The van der Waals surface area contributed by atoms with Crippen molar-refractivity contribution >= 4 is 91.5 Å². The fourth-order valence-corrected chi connectivity index (χ4v) is 11.5. The first-order valence-electron chi connectivity index (χ1n) is 22.2. The molecule has 5 amide bonds. The lowest BCUT2D eigenvalue weighted by molar-refractivity contribution is -0.197. The molecule has 0 saturated carbocycles. The second-order valence-electron chi connectivity index (χ2n) is 18.0. The number of alkyl carbamates (subject to hydrolysis) is 1. The number of rotatable bonds is 16. The van der Waals surface area contributed by atoms with E-state index >= 15 is 0 Å². The van der Waals surface area contributed by atoms with Gasteiger partial charge in [0.2, 0.25) is 11.8 Å². The standard InChI is InChI=1S/C46H63IN4O14S2/c1-27-12-10-13-34(61-9)46(59)25-30(62-43(58)48-46)23-36-45(5,64-36)35(24-40(55)50(7)32-21-29(20-27)22-33(60-8)31(32)26-47)63-42(57)28(2)49(6)37(52)17-18-44(3,4)67-66-19-11-14-41(56)65-51-38(53)15-16-39(51)54/h10,12-13,21-22,28,30,34-36,59H,11,14-20,23-26H2,1-9H3,(H,48,58)/b13-10+,27-12+/t28-,30?,34+,35-,36?,45-,46-/m0/s1. The third kappa shape index (κ3) is 13.9. The number of hydrogen-bond donors (Lipinski definition) is 2. The zero-order chi connectivity index (χ0) is 49.4. The Hall–Kier alpha value is -3.90. The number of likely N-dealkylation sites (N-methyl/N-ethyl adjacent to an activating group) is 1. The monoisotopic (exact) mass is 1090 g/mol. The minimum absolute atomic E-state index is 0.0279. The van der Waals surface area contributed by atoms with Crippen molar-refractivity contribution in [1.29, 1.82) is 0 Å². The van der Waals surface area contributed by atoms with Gasteiger partial charge in [-0.3, -0.25) is 24.5 Å². The number of nitrogens with one attached hydrogen (secondary N) is 1. The number of halogens is 1. The summed E-state index contributed by atoms with van der Waals surface area (Å²) in [5, 5.41) is 14.8. The zero-order valence-electron chi connectivity index (χ0n) is 39.5. The molecule has 0 aliphatic carbocycles. The number of ether oxygens (including phenoxy) is 5. The molecule has 370 valence electrons. The molecule has 0 radical (unpaired) electrons. The molecule has 0 aromatic heterocycles. The van der Waals surface area contributed by atoms with Crippen LogP contribution in [0.2, 0.25) is 0 Å². The van der Waals surface area contributed by atoms with Gasteiger partial charge in [0.15, 0.2) is 5.72 Å². The average Bonchev–Trinajstić information content (AvgIpc) is 3.83. The maximum Gasteiger partial charge on any atom is 0.409 e. The Morgan fingerprint density at radius 3 is 2.46 bits per heavy atom. The van der Waals surface area contributed by atoms with Gasteiger partial charge >= 0.3 is 18.0 Å². The molecule has 1 aromatic rings. The fourth-order valence-electron chi connectivity index (χ4n) is 8.04. The maximum atomic E-state index is 14.4. The minimum atomic E-state index is -1.83. The van der Waals surface area contributed by atoms with E-state index in [0.29, 0.717) is 45.9 Å². The minimum Gasteiger partial charge on any atom is -0.496 e. The number of aliphatic hydroxyl groups is 1. The van der Waals surface area contributed by atoms with Gasteiger partial charge in [-0.25, -0.2) is 14.4 Å². The van der Waals surface area contributed by atoms with E-state index < -0.39 is 71.6 Å². The van der Waals surface area contributed by atoms with E-state index in [1.807, 2.05) is 39.0 Å². The Labute approximate surface area is 413 Å². The summed E-state index contributed by atoms with van der Waals surface area (Å²) in [4.78, 5) is 98.2. The number of carbonyl (C=O) groups excluding carboxylic acids is 7. The molecule has 1 aromatic carbocycles. The van der Waals surface area contributed by atoms with Crippen LogP contribution in [-0.4, -0.2) is 137 Å². The molecule has 2 N–H and O–H groups in total. The Bertz CT molecular complexity index is 2110. The van der Waals surface area contributed by atoms with Gasteiger partial charge in [-0.05, 0) is 71.6 Å². The molecule has 4 aliphatic rings. The SMILES string of the molecule is COc1cc2cc(c1CI)N(C)C(=O)C[C@H](OC(=O)[C@H](C)N(C)C(=O)CCC(C)(C)SSCCCC(=O)ON1C(=O)CCC1=O)[C@]1(C)OC1CC1C[C@@](O)(NC(=O)O1)[C@H](OC)/C=C/C=C(\C)C2. The molecule has 0 spiro atoms. The van der Waals surface area contributed by atoms with Crippen LogP contribution in [0.25, 0.3) is 0 Å². The normalized spacial score (nSPS) is 27.5. The van der Waals surface area contributed by atoms with Crippen LogP contribution in [0.15, 0.2) is 35.9 Å². The maximum absolute atomic E-state index is 14.4. The van der Waals surface area contributed by atoms with E-state index in [0.717, 1.165) is 16.7 Å². The number of hydrogen-bond acceptors (Lipinski definition) is 16. The third-order valence-electron chi connectivity index (χ3n) is 12.4. The summed E-state index contributed by atoms with van der Waals surface area (Å²) in [7, 11) is 9.26. The Kier molecular flexibility index (Phi) is 18.7. The summed E-state index contributed by atoms with van der Waals surface area (Å²) < 4.78 is 29.6. The molecular weight excluding hydrogens is 1020 g/mol. The first-order chi connectivity index (χ1) is 31.5. The van der Waals surface area contributed by atoms with Crippen molar-refractivity contribution in [3.8, 4) is 5.75 Å². The van der Waals surface area contributed by atoms with E-state index in [2.05, 4.69) is 27.9 Å². The highest BCUT2D eigenvalue weighted by molar-refractivity contribution is 14.1. The van der Waals surface area contributed by atoms with Gasteiger partial charge in [-0.1, -0.05) is 68.0 Å². The number of anilines is 1. The van der Waals surface area contributed by atoms with Crippen molar-refractivity contribution in [3.63, 3.8) is 0 Å². The van der Waals surface area contributed by atoms with E-state index in [4.69, 9.17) is 28.5 Å². The predicted molar refractivity (Wildman–Crippen MR) is 259 cm³/mol. The number of nitrogens with zero attached hydrogens (tertiary/aromatic N) is 3. The summed E-state index contributed by atoms with van der Waals surface area (Å²) in [5.41, 5.74) is 0.204. The summed E-state index contributed by atoms with van der Waals surface area (Å²) in [5.74, 6) is -1.94. The van der Waals surface area contributed by atoms with Crippen molar-refractivity contribution < 1.29 is 67.2 Å². The third-order valence-corrected chi connectivity index (χ3v) is 16.6. The van der Waals surface area contributed by atoms with Gasteiger partial charge < -0.3 is 43.4 Å². The molecular formula is C46H63IN4O14S2. The van der Waals surface area contributed by atoms with Gasteiger partial charge in [0.25, 0.3) is 11.8 Å². The predicted octanol–water partition coefficient (Wildman–Crippen LogP) is 5.88. The van der Waals surface area contributed by atoms with Crippen molar-refractivity contribution in [2.75, 3.05) is 39.0 Å². The molecule has 2 unspecified atom stereocenters. The van der Waals surface area contributed by atoms with Crippen molar-refractivity contribution in [2.24, 2.45) is 0 Å². The molecule has 67 heavy (non-hydrogen) atoms. The highest BCUT2D eigenvalue weighted by Crippen LogP contribution is 2.47. The van der Waals surface area contributed by atoms with Crippen LogP contribution in [-0.2, 0) is 63.4 Å². The number of epoxide rings is 1. The second-order valence-corrected chi connectivity index (χ2v) is 21.9. The number of imide groups is 1. The number of hydroxylamine groups is 2. The number of amides is 5. The smallest absolute Gasteiger partial charge is 0.409 e. The second kappa shape index (κ2) is 23.1. The van der Waals surface area contributed by atoms with E-state index in [1.165, 1.54) is 34.8 Å². The average molecular weight is 1090 g/mol.